The summed E-state index contributed by atoms with van der Waals surface area (Å²) in [7, 11) is 1.57. The molecule has 6 rings (SSSR count). The standard InChI is InChI=1S/C38H56N2O5S2/c1-10-25-30(42)40(32(46)47-25)22-29(41)45-39-28-14-15-35(6)26(34(28,4)5)13-16-37(8)27(35)12-11-23-24-21-33(2,3)17-19-38(24,31(43)44-9)20-18-36(23,37)7/h11,24-27H,10,12-22H2,1-9H3/b39-28+/t24?,25?,26?,27?,35-,36+,37+,38-/m0/s1. The summed E-state index contributed by atoms with van der Waals surface area (Å²) in [4.78, 5) is 45.9. The van der Waals surface area contributed by atoms with E-state index in [0.29, 0.717) is 22.6 Å². The SMILES string of the molecule is CCC1SC(=S)N(CC(=O)O/N=C2\CC[C@@]3(C)C(CC[C@]4(C)C3CC=C3C5CC(C)(C)CC[C@]5(C(=O)OC)CC[C@]34C)C2(C)C)C1=O. The normalized spacial score (nSPS) is 42.9. The van der Waals surface area contributed by atoms with E-state index in [1.807, 2.05) is 6.92 Å². The molecule has 47 heavy (non-hydrogen) atoms. The first-order valence-corrected chi connectivity index (χ1v) is 19.3. The van der Waals surface area contributed by atoms with Crippen LogP contribution in [-0.2, 0) is 24.0 Å². The van der Waals surface area contributed by atoms with Gasteiger partial charge in [-0.3, -0.25) is 14.5 Å². The molecule has 4 unspecified atom stereocenters. The number of amides is 1. The molecule has 0 aromatic rings. The fourth-order valence-corrected chi connectivity index (χ4v) is 13.4. The van der Waals surface area contributed by atoms with E-state index in [-0.39, 0.29) is 62.1 Å². The monoisotopic (exact) mass is 684 g/mol. The minimum Gasteiger partial charge on any atom is -0.469 e. The topological polar surface area (TPSA) is 85.3 Å². The molecule has 0 radical (unpaired) electrons. The van der Waals surface area contributed by atoms with E-state index < -0.39 is 5.97 Å². The van der Waals surface area contributed by atoms with Gasteiger partial charge in [0.05, 0.1) is 23.5 Å². The molecular formula is C38H56N2O5S2. The minimum atomic E-state index is -0.546. The molecule has 0 aromatic heterocycles. The van der Waals surface area contributed by atoms with Gasteiger partial charge in [0.2, 0.25) is 5.91 Å². The first-order chi connectivity index (χ1) is 21.9. The Balaban J connectivity index is 1.25. The van der Waals surface area contributed by atoms with Gasteiger partial charge in [0, 0.05) is 5.41 Å². The molecule has 0 bridgehead atoms. The predicted molar refractivity (Wildman–Crippen MR) is 191 cm³/mol. The van der Waals surface area contributed by atoms with Gasteiger partial charge in [-0.1, -0.05) is 96.2 Å². The second kappa shape index (κ2) is 11.7. The van der Waals surface area contributed by atoms with Crippen LogP contribution in [0.1, 0.15) is 126 Å². The van der Waals surface area contributed by atoms with Gasteiger partial charge in [0.25, 0.3) is 0 Å². The third kappa shape index (κ3) is 5.12. The lowest BCUT2D eigenvalue weighted by Crippen LogP contribution is -2.64. The Kier molecular flexibility index (Phi) is 8.71. The van der Waals surface area contributed by atoms with Crippen LogP contribution in [0.3, 0.4) is 0 Å². The van der Waals surface area contributed by atoms with Gasteiger partial charge in [-0.2, -0.15) is 0 Å². The van der Waals surface area contributed by atoms with E-state index in [0.717, 1.165) is 69.9 Å². The molecule has 8 atom stereocenters. The number of nitrogens with zero attached hydrogens (tertiary/aromatic N) is 2. The molecule has 1 heterocycles. The van der Waals surface area contributed by atoms with E-state index in [1.165, 1.54) is 16.7 Å². The number of oxime groups is 1. The molecule has 260 valence electrons. The van der Waals surface area contributed by atoms with Crippen LogP contribution >= 0.6 is 24.0 Å². The van der Waals surface area contributed by atoms with Gasteiger partial charge < -0.3 is 9.57 Å². The lowest BCUT2D eigenvalue weighted by molar-refractivity contribution is -0.181. The molecule has 6 aliphatic rings. The predicted octanol–water partition coefficient (Wildman–Crippen LogP) is 8.50. The number of hydrogen-bond acceptors (Lipinski definition) is 8. The number of ether oxygens (including phenoxy) is 1. The van der Waals surface area contributed by atoms with Crippen LogP contribution in [0.25, 0.3) is 0 Å². The van der Waals surface area contributed by atoms with E-state index in [2.05, 4.69) is 59.7 Å². The molecular weight excluding hydrogens is 629 g/mol. The molecule has 0 spiro atoms. The summed E-state index contributed by atoms with van der Waals surface area (Å²) in [5.74, 6) is 0.497. The summed E-state index contributed by atoms with van der Waals surface area (Å²) in [6.45, 7) is 18.7. The summed E-state index contributed by atoms with van der Waals surface area (Å²) in [5, 5.41) is 4.28. The molecule has 5 fully saturated rings. The zero-order valence-electron chi connectivity index (χ0n) is 30.1. The number of carbonyl (C=O) groups is 3. The van der Waals surface area contributed by atoms with Crippen LogP contribution in [0, 0.1) is 50.2 Å². The average Bonchev–Trinajstić information content (AvgIpc) is 3.27. The Bertz CT molecular complexity index is 1440. The van der Waals surface area contributed by atoms with Crippen molar-refractivity contribution in [3.05, 3.63) is 11.6 Å². The number of methoxy groups -OCH3 is 1. The Hall–Kier alpha value is -1.74. The lowest BCUT2D eigenvalue weighted by atomic mass is 9.33. The van der Waals surface area contributed by atoms with Crippen molar-refractivity contribution >= 4 is 51.9 Å². The van der Waals surface area contributed by atoms with Crippen molar-refractivity contribution in [1.29, 1.82) is 0 Å². The number of thioether (sulfide) groups is 1. The van der Waals surface area contributed by atoms with Crippen LogP contribution in [0.15, 0.2) is 16.8 Å². The lowest BCUT2D eigenvalue weighted by Gasteiger charge is -2.70. The number of esters is 1. The van der Waals surface area contributed by atoms with Crippen molar-refractivity contribution in [3.8, 4) is 0 Å². The molecule has 7 nitrogen and oxygen atoms in total. The van der Waals surface area contributed by atoms with Crippen LogP contribution in [-0.4, -0.2) is 51.7 Å². The number of rotatable bonds is 5. The smallest absolute Gasteiger partial charge is 0.354 e. The highest BCUT2D eigenvalue weighted by atomic mass is 32.2. The largest absolute Gasteiger partial charge is 0.469 e. The maximum atomic E-state index is 13.5. The molecule has 5 aliphatic carbocycles. The van der Waals surface area contributed by atoms with Gasteiger partial charge >= 0.3 is 11.9 Å². The van der Waals surface area contributed by atoms with Gasteiger partial charge in [0.15, 0.2) is 0 Å². The number of hydrogen-bond donors (Lipinski definition) is 0. The average molecular weight is 685 g/mol. The second-order valence-electron chi connectivity index (χ2n) is 17.8. The van der Waals surface area contributed by atoms with Crippen LogP contribution in [0.4, 0.5) is 0 Å². The third-order valence-electron chi connectivity index (χ3n) is 14.9. The highest BCUT2D eigenvalue weighted by Gasteiger charge is 2.69. The number of thiocarbonyl (C=S) groups is 1. The molecule has 1 saturated heterocycles. The van der Waals surface area contributed by atoms with Crippen molar-refractivity contribution in [2.24, 2.45) is 55.4 Å². The fraction of sp³-hybridized carbons (Fsp3) is 0.816. The van der Waals surface area contributed by atoms with Gasteiger partial charge in [-0.05, 0) is 110 Å². The van der Waals surface area contributed by atoms with Gasteiger partial charge in [-0.25, -0.2) is 4.79 Å². The Morgan fingerprint density at radius 2 is 1.72 bits per heavy atom. The maximum absolute atomic E-state index is 13.5. The van der Waals surface area contributed by atoms with E-state index in [1.54, 1.807) is 12.7 Å². The van der Waals surface area contributed by atoms with Crippen LogP contribution in [0.2, 0.25) is 0 Å². The van der Waals surface area contributed by atoms with E-state index in [4.69, 9.17) is 21.8 Å². The first kappa shape index (κ1) is 35.1. The molecule has 1 amide bonds. The maximum Gasteiger partial charge on any atom is 0.354 e. The second-order valence-corrected chi connectivity index (χ2v) is 19.6. The number of fused-ring (bicyclic) bond motifs is 7. The Morgan fingerprint density at radius 3 is 2.38 bits per heavy atom. The molecule has 4 saturated carbocycles. The summed E-state index contributed by atoms with van der Waals surface area (Å²) < 4.78 is 5.97. The molecule has 9 heteroatoms. The molecule has 1 aliphatic heterocycles. The van der Waals surface area contributed by atoms with Crippen molar-refractivity contribution in [1.82, 2.24) is 4.90 Å². The van der Waals surface area contributed by atoms with Crippen molar-refractivity contribution in [2.45, 2.75) is 131 Å². The number of allylic oxidation sites excluding steroid dienone is 2. The highest BCUT2D eigenvalue weighted by molar-refractivity contribution is 8.24. The van der Waals surface area contributed by atoms with E-state index >= 15 is 0 Å². The zero-order chi connectivity index (χ0) is 34.4. The Morgan fingerprint density at radius 1 is 1.02 bits per heavy atom. The summed E-state index contributed by atoms with van der Waals surface area (Å²) in [6, 6.07) is 0. The fourth-order valence-electron chi connectivity index (χ4n) is 12.0. The first-order valence-electron chi connectivity index (χ1n) is 18.0. The summed E-state index contributed by atoms with van der Waals surface area (Å²) >= 11 is 6.70. The summed E-state index contributed by atoms with van der Waals surface area (Å²) in [6.07, 6.45) is 13.3. The van der Waals surface area contributed by atoms with Crippen LogP contribution in [0.5, 0.6) is 0 Å². The van der Waals surface area contributed by atoms with E-state index in [9.17, 15) is 14.4 Å². The highest BCUT2D eigenvalue weighted by Crippen LogP contribution is 2.75. The zero-order valence-corrected chi connectivity index (χ0v) is 31.8. The quantitative estimate of drug-likeness (QED) is 0.0944. The van der Waals surface area contributed by atoms with Gasteiger partial charge in [0.1, 0.15) is 10.9 Å². The number of carbonyl (C=O) groups excluding carboxylic acids is 3. The molecule has 0 aromatic carbocycles. The van der Waals surface area contributed by atoms with Crippen LogP contribution < -0.4 is 0 Å². The molecule has 0 N–H and O–H groups in total. The minimum absolute atomic E-state index is 0.00391. The van der Waals surface area contributed by atoms with Gasteiger partial charge in [-0.15, -0.1) is 0 Å². The Labute approximate surface area is 291 Å². The summed E-state index contributed by atoms with van der Waals surface area (Å²) in [5.41, 5.74) is 2.34. The van der Waals surface area contributed by atoms with Crippen molar-refractivity contribution in [2.75, 3.05) is 13.7 Å². The van der Waals surface area contributed by atoms with Crippen molar-refractivity contribution in [3.63, 3.8) is 0 Å². The van der Waals surface area contributed by atoms with Crippen molar-refractivity contribution < 1.29 is 24.0 Å². The third-order valence-corrected chi connectivity index (χ3v) is 16.7.